The Morgan fingerprint density at radius 2 is 2.00 bits per heavy atom. The molecule has 0 spiro atoms. The van der Waals surface area contributed by atoms with Crippen LogP contribution in [0.2, 0.25) is 0 Å². The maximum atomic E-state index is 12.6. The van der Waals surface area contributed by atoms with E-state index in [0.717, 1.165) is 25.7 Å². The first-order valence-corrected chi connectivity index (χ1v) is 8.95. The second-order valence-electron chi connectivity index (χ2n) is 6.41. The van der Waals surface area contributed by atoms with Gasteiger partial charge in [0.05, 0.1) is 13.2 Å². The summed E-state index contributed by atoms with van der Waals surface area (Å²) >= 11 is 0. The van der Waals surface area contributed by atoms with Crippen molar-refractivity contribution in [1.82, 2.24) is 4.90 Å². The predicted molar refractivity (Wildman–Crippen MR) is 96.5 cm³/mol. The van der Waals surface area contributed by atoms with Crippen molar-refractivity contribution >= 4 is 17.5 Å². The molecule has 1 fully saturated rings. The minimum Gasteiger partial charge on any atom is -0.395 e. The number of carbonyl (C=O) groups excluding carboxylic acids is 2. The molecule has 6 heteroatoms. The van der Waals surface area contributed by atoms with Gasteiger partial charge < -0.3 is 20.1 Å². The van der Waals surface area contributed by atoms with Crippen molar-refractivity contribution < 1.29 is 19.4 Å². The monoisotopic (exact) mass is 348 g/mol. The zero-order chi connectivity index (χ0) is 18.1. The number of carbonyl (C=O) groups is 2. The minimum absolute atomic E-state index is 0.0379. The molecule has 1 aliphatic carbocycles. The molecular formula is C19H28N2O4. The van der Waals surface area contributed by atoms with E-state index >= 15 is 0 Å². The van der Waals surface area contributed by atoms with Crippen LogP contribution in [-0.4, -0.2) is 55.2 Å². The van der Waals surface area contributed by atoms with Crippen LogP contribution >= 0.6 is 0 Å². The highest BCUT2D eigenvalue weighted by molar-refractivity contribution is 5.97. The van der Waals surface area contributed by atoms with Gasteiger partial charge in [0.2, 0.25) is 5.91 Å². The average molecular weight is 348 g/mol. The molecule has 0 bridgehead atoms. The van der Waals surface area contributed by atoms with Crippen molar-refractivity contribution in [3.63, 3.8) is 0 Å². The number of rotatable bonds is 8. The van der Waals surface area contributed by atoms with Gasteiger partial charge in [-0.1, -0.05) is 25.3 Å². The number of ether oxygens (including phenoxy) is 1. The van der Waals surface area contributed by atoms with Gasteiger partial charge in [0, 0.05) is 37.4 Å². The molecule has 2 N–H and O–H groups in total. The van der Waals surface area contributed by atoms with Crippen LogP contribution < -0.4 is 5.32 Å². The SMILES string of the molecule is COCCN(CCO)C(=O)c1cccc(NC(=O)C2CCCCC2)c1. The number of hydrogen-bond acceptors (Lipinski definition) is 4. The van der Waals surface area contributed by atoms with E-state index in [1.165, 1.54) is 6.42 Å². The summed E-state index contributed by atoms with van der Waals surface area (Å²) < 4.78 is 5.02. The Labute approximate surface area is 149 Å². The van der Waals surface area contributed by atoms with E-state index in [1.54, 1.807) is 36.3 Å². The van der Waals surface area contributed by atoms with Gasteiger partial charge in [0.15, 0.2) is 0 Å². The topological polar surface area (TPSA) is 78.9 Å². The standard InChI is InChI=1S/C19H28N2O4/c1-25-13-11-21(10-12-22)19(24)16-8-5-9-17(14-16)20-18(23)15-6-3-2-4-7-15/h5,8-9,14-15,22H,2-4,6-7,10-13H2,1H3,(H,20,23). The van der Waals surface area contributed by atoms with Crippen LogP contribution in [0.25, 0.3) is 0 Å². The molecule has 1 aromatic carbocycles. The number of amides is 2. The number of aliphatic hydroxyl groups excluding tert-OH is 1. The molecule has 0 aromatic heterocycles. The van der Waals surface area contributed by atoms with Gasteiger partial charge in [-0.2, -0.15) is 0 Å². The lowest BCUT2D eigenvalue weighted by molar-refractivity contribution is -0.120. The molecule has 0 radical (unpaired) electrons. The molecule has 6 nitrogen and oxygen atoms in total. The van der Waals surface area contributed by atoms with Crippen LogP contribution in [0, 0.1) is 5.92 Å². The van der Waals surface area contributed by atoms with Crippen molar-refractivity contribution in [1.29, 1.82) is 0 Å². The Morgan fingerprint density at radius 3 is 2.68 bits per heavy atom. The van der Waals surface area contributed by atoms with E-state index in [1.807, 2.05) is 0 Å². The van der Waals surface area contributed by atoms with Crippen LogP contribution in [0.4, 0.5) is 5.69 Å². The lowest BCUT2D eigenvalue weighted by Crippen LogP contribution is -2.36. The number of methoxy groups -OCH3 is 1. The minimum atomic E-state index is -0.181. The smallest absolute Gasteiger partial charge is 0.254 e. The second-order valence-corrected chi connectivity index (χ2v) is 6.41. The van der Waals surface area contributed by atoms with E-state index in [0.29, 0.717) is 24.4 Å². The van der Waals surface area contributed by atoms with Crippen LogP contribution in [-0.2, 0) is 9.53 Å². The summed E-state index contributed by atoms with van der Waals surface area (Å²) in [5.41, 5.74) is 1.13. The summed E-state index contributed by atoms with van der Waals surface area (Å²) in [7, 11) is 1.57. The Morgan fingerprint density at radius 1 is 1.24 bits per heavy atom. The first kappa shape index (κ1) is 19.4. The van der Waals surface area contributed by atoms with Crippen molar-refractivity contribution in [2.45, 2.75) is 32.1 Å². The summed E-state index contributed by atoms with van der Waals surface area (Å²) in [5.74, 6) is -0.0727. The molecule has 0 heterocycles. The van der Waals surface area contributed by atoms with Gasteiger partial charge in [-0.05, 0) is 31.0 Å². The number of anilines is 1. The number of benzene rings is 1. The van der Waals surface area contributed by atoms with Gasteiger partial charge in [-0.3, -0.25) is 9.59 Å². The van der Waals surface area contributed by atoms with Crippen molar-refractivity contribution in [2.75, 3.05) is 38.7 Å². The van der Waals surface area contributed by atoms with Gasteiger partial charge in [0.25, 0.3) is 5.91 Å². The first-order chi connectivity index (χ1) is 12.2. The van der Waals surface area contributed by atoms with E-state index in [4.69, 9.17) is 9.84 Å². The molecule has 1 aromatic rings. The highest BCUT2D eigenvalue weighted by Crippen LogP contribution is 2.25. The molecule has 1 aliphatic rings. The van der Waals surface area contributed by atoms with Crippen LogP contribution in [0.5, 0.6) is 0 Å². The zero-order valence-electron chi connectivity index (χ0n) is 14.9. The number of hydrogen-bond donors (Lipinski definition) is 2. The van der Waals surface area contributed by atoms with Crippen LogP contribution in [0.15, 0.2) is 24.3 Å². The quantitative estimate of drug-likeness (QED) is 0.755. The molecule has 0 saturated heterocycles. The molecule has 1 saturated carbocycles. The Kier molecular flexibility index (Phi) is 7.88. The van der Waals surface area contributed by atoms with Crippen molar-refractivity contribution in [3.05, 3.63) is 29.8 Å². The molecule has 0 atom stereocenters. The maximum absolute atomic E-state index is 12.6. The van der Waals surface area contributed by atoms with Crippen molar-refractivity contribution in [2.24, 2.45) is 5.92 Å². The lowest BCUT2D eigenvalue weighted by atomic mass is 9.88. The normalized spacial score (nSPS) is 15.0. The molecule has 138 valence electrons. The highest BCUT2D eigenvalue weighted by Gasteiger charge is 2.21. The third-order valence-electron chi connectivity index (χ3n) is 4.58. The molecule has 0 unspecified atom stereocenters. The van der Waals surface area contributed by atoms with Gasteiger partial charge in [-0.15, -0.1) is 0 Å². The molecule has 2 rings (SSSR count). The van der Waals surface area contributed by atoms with Crippen LogP contribution in [0.1, 0.15) is 42.5 Å². The van der Waals surface area contributed by atoms with E-state index < -0.39 is 0 Å². The van der Waals surface area contributed by atoms with E-state index in [9.17, 15) is 9.59 Å². The number of nitrogens with zero attached hydrogens (tertiary/aromatic N) is 1. The summed E-state index contributed by atoms with van der Waals surface area (Å²) in [4.78, 5) is 26.5. The van der Waals surface area contributed by atoms with Crippen LogP contribution in [0.3, 0.4) is 0 Å². The van der Waals surface area contributed by atoms with Gasteiger partial charge in [0.1, 0.15) is 0 Å². The van der Waals surface area contributed by atoms with E-state index in [-0.39, 0.29) is 30.9 Å². The third-order valence-corrected chi connectivity index (χ3v) is 4.58. The zero-order valence-corrected chi connectivity index (χ0v) is 14.9. The summed E-state index contributed by atoms with van der Waals surface area (Å²) in [6.45, 7) is 0.965. The van der Waals surface area contributed by atoms with Gasteiger partial charge >= 0.3 is 0 Å². The Bertz CT molecular complexity index is 570. The van der Waals surface area contributed by atoms with Crippen molar-refractivity contribution in [3.8, 4) is 0 Å². The van der Waals surface area contributed by atoms with Gasteiger partial charge in [-0.25, -0.2) is 0 Å². The second kappa shape index (κ2) is 10.2. The Hall–Kier alpha value is -1.92. The molecule has 2 amide bonds. The average Bonchev–Trinajstić information content (AvgIpc) is 2.65. The number of nitrogens with one attached hydrogen (secondary N) is 1. The first-order valence-electron chi connectivity index (χ1n) is 8.95. The number of aliphatic hydroxyl groups is 1. The molecule has 25 heavy (non-hydrogen) atoms. The predicted octanol–water partition coefficient (Wildman–Crippen LogP) is 2.29. The summed E-state index contributed by atoms with van der Waals surface area (Å²) in [6, 6.07) is 6.97. The molecular weight excluding hydrogens is 320 g/mol. The van der Waals surface area contributed by atoms with E-state index in [2.05, 4.69) is 5.32 Å². The maximum Gasteiger partial charge on any atom is 0.254 e. The fourth-order valence-corrected chi connectivity index (χ4v) is 3.16. The summed E-state index contributed by atoms with van der Waals surface area (Å²) in [5, 5.41) is 12.1. The lowest BCUT2D eigenvalue weighted by Gasteiger charge is -2.22. The highest BCUT2D eigenvalue weighted by atomic mass is 16.5. The molecule has 0 aliphatic heterocycles. The largest absolute Gasteiger partial charge is 0.395 e. The fourth-order valence-electron chi connectivity index (χ4n) is 3.16. The fraction of sp³-hybridized carbons (Fsp3) is 0.579. The third kappa shape index (κ3) is 5.83. The Balaban J connectivity index is 2.03. The summed E-state index contributed by atoms with van der Waals surface area (Å²) in [6.07, 6.45) is 5.28.